The molecule has 0 bridgehead atoms. The molecule has 0 saturated heterocycles. The minimum Gasteiger partial charge on any atom is -0.475 e. The van der Waals surface area contributed by atoms with Crippen LogP contribution in [0.15, 0.2) is 18.3 Å². The molecule has 16 heavy (non-hydrogen) atoms. The second-order valence-electron chi connectivity index (χ2n) is 2.74. The molecule has 0 aliphatic carbocycles. The standard InChI is InChI=1S/C8H4N6O2/c9-3-5-1-2-6(10-4-5)14-7(8(15)16)11-12-13-14/h1-2,4H,(H,15,16). The highest BCUT2D eigenvalue weighted by molar-refractivity contribution is 5.83. The molecule has 0 atom stereocenters. The van der Waals surface area contributed by atoms with E-state index in [0.717, 1.165) is 4.68 Å². The Balaban J connectivity index is 2.47. The number of nitriles is 1. The van der Waals surface area contributed by atoms with Gasteiger partial charge in [-0.25, -0.2) is 9.78 Å². The summed E-state index contributed by atoms with van der Waals surface area (Å²) < 4.78 is 0.976. The summed E-state index contributed by atoms with van der Waals surface area (Å²) in [6.07, 6.45) is 1.31. The van der Waals surface area contributed by atoms with Gasteiger partial charge >= 0.3 is 5.97 Å². The first-order valence-electron chi connectivity index (χ1n) is 4.10. The fourth-order valence-corrected chi connectivity index (χ4v) is 1.05. The molecule has 78 valence electrons. The highest BCUT2D eigenvalue weighted by atomic mass is 16.4. The zero-order valence-electron chi connectivity index (χ0n) is 7.77. The van der Waals surface area contributed by atoms with Crippen LogP contribution in [0.5, 0.6) is 0 Å². The topological polar surface area (TPSA) is 118 Å². The Hall–Kier alpha value is -2.82. The van der Waals surface area contributed by atoms with Gasteiger partial charge in [-0.3, -0.25) is 0 Å². The summed E-state index contributed by atoms with van der Waals surface area (Å²) in [5, 5.41) is 27.4. The third-order valence-electron chi connectivity index (χ3n) is 1.75. The van der Waals surface area contributed by atoms with Crippen LogP contribution in [0.3, 0.4) is 0 Å². The highest BCUT2D eigenvalue weighted by Gasteiger charge is 2.15. The lowest BCUT2D eigenvalue weighted by atomic mass is 10.3. The first-order chi connectivity index (χ1) is 7.72. The van der Waals surface area contributed by atoms with Gasteiger partial charge in [0.1, 0.15) is 6.07 Å². The van der Waals surface area contributed by atoms with Crippen LogP contribution in [-0.4, -0.2) is 36.3 Å². The van der Waals surface area contributed by atoms with Crippen LogP contribution in [0, 0.1) is 11.3 Å². The second kappa shape index (κ2) is 3.74. The quantitative estimate of drug-likeness (QED) is 0.727. The number of hydrogen-bond donors (Lipinski definition) is 1. The zero-order valence-corrected chi connectivity index (χ0v) is 7.77. The van der Waals surface area contributed by atoms with Gasteiger partial charge in [-0.05, 0) is 22.6 Å². The number of tetrazole rings is 1. The van der Waals surface area contributed by atoms with E-state index in [9.17, 15) is 4.79 Å². The minimum absolute atomic E-state index is 0.237. The Morgan fingerprint density at radius 3 is 2.88 bits per heavy atom. The van der Waals surface area contributed by atoms with Gasteiger partial charge < -0.3 is 5.11 Å². The smallest absolute Gasteiger partial charge is 0.376 e. The van der Waals surface area contributed by atoms with E-state index in [1.807, 2.05) is 6.07 Å². The van der Waals surface area contributed by atoms with Crippen LogP contribution >= 0.6 is 0 Å². The maximum absolute atomic E-state index is 10.7. The molecule has 2 heterocycles. The van der Waals surface area contributed by atoms with Crippen LogP contribution < -0.4 is 0 Å². The number of nitrogens with zero attached hydrogens (tertiary/aromatic N) is 6. The van der Waals surface area contributed by atoms with Gasteiger partial charge in [-0.2, -0.15) is 9.94 Å². The third kappa shape index (κ3) is 1.57. The molecule has 0 fully saturated rings. The second-order valence-corrected chi connectivity index (χ2v) is 2.74. The van der Waals surface area contributed by atoms with Crippen molar-refractivity contribution < 1.29 is 9.90 Å². The van der Waals surface area contributed by atoms with Crippen molar-refractivity contribution in [3.8, 4) is 11.9 Å². The molecule has 0 spiro atoms. The first-order valence-corrected chi connectivity index (χ1v) is 4.10. The number of pyridine rings is 1. The Labute approximate surface area is 88.8 Å². The average Bonchev–Trinajstić information content (AvgIpc) is 2.78. The van der Waals surface area contributed by atoms with Crippen LogP contribution in [0.4, 0.5) is 0 Å². The summed E-state index contributed by atoms with van der Waals surface area (Å²) in [6.45, 7) is 0. The number of carbonyl (C=O) groups is 1. The molecule has 0 amide bonds. The van der Waals surface area contributed by atoms with Crippen LogP contribution in [0.2, 0.25) is 0 Å². The summed E-state index contributed by atoms with van der Waals surface area (Å²) in [4.78, 5) is 14.6. The number of rotatable bonds is 2. The molecule has 1 N–H and O–H groups in total. The van der Waals surface area contributed by atoms with Crippen molar-refractivity contribution in [1.29, 1.82) is 5.26 Å². The number of hydrogen-bond acceptors (Lipinski definition) is 6. The monoisotopic (exact) mass is 216 g/mol. The van der Waals surface area contributed by atoms with Crippen LogP contribution in [0.25, 0.3) is 5.82 Å². The molecule has 8 heteroatoms. The third-order valence-corrected chi connectivity index (χ3v) is 1.75. The number of carboxylic acid groups (broad SMARTS) is 1. The van der Waals surface area contributed by atoms with Gasteiger partial charge in [-0.1, -0.05) is 0 Å². The molecule has 2 aromatic heterocycles. The molecule has 0 saturated carbocycles. The van der Waals surface area contributed by atoms with Crippen molar-refractivity contribution in [3.05, 3.63) is 29.7 Å². The molecular weight excluding hydrogens is 212 g/mol. The van der Waals surface area contributed by atoms with Crippen LogP contribution in [0.1, 0.15) is 16.2 Å². The van der Waals surface area contributed by atoms with Crippen molar-refractivity contribution in [2.45, 2.75) is 0 Å². The largest absolute Gasteiger partial charge is 0.475 e. The molecule has 0 aromatic carbocycles. The van der Waals surface area contributed by atoms with Gasteiger partial charge in [0.2, 0.25) is 0 Å². The maximum atomic E-state index is 10.7. The van der Waals surface area contributed by atoms with E-state index in [0.29, 0.717) is 5.56 Å². The lowest BCUT2D eigenvalue weighted by molar-refractivity contribution is 0.0680. The molecule has 2 rings (SSSR count). The molecule has 8 nitrogen and oxygen atoms in total. The average molecular weight is 216 g/mol. The van der Waals surface area contributed by atoms with Gasteiger partial charge in [0, 0.05) is 6.20 Å². The molecular formula is C8H4N6O2. The SMILES string of the molecule is N#Cc1ccc(-n2nnnc2C(=O)O)nc1. The van der Waals surface area contributed by atoms with Crippen molar-refractivity contribution >= 4 is 5.97 Å². The molecule has 0 unspecified atom stereocenters. The van der Waals surface area contributed by atoms with E-state index in [1.165, 1.54) is 18.3 Å². The van der Waals surface area contributed by atoms with Crippen molar-refractivity contribution in [2.24, 2.45) is 0 Å². The first kappa shape index (κ1) is 9.72. The summed E-state index contributed by atoms with van der Waals surface area (Å²) in [5.74, 6) is -1.35. The Morgan fingerprint density at radius 2 is 2.31 bits per heavy atom. The van der Waals surface area contributed by atoms with Gasteiger partial charge in [0.25, 0.3) is 5.82 Å². The molecule has 2 aromatic rings. The van der Waals surface area contributed by atoms with E-state index in [4.69, 9.17) is 10.4 Å². The fourth-order valence-electron chi connectivity index (χ4n) is 1.05. The Bertz CT molecular complexity index is 567. The fraction of sp³-hybridized carbons (Fsp3) is 0. The van der Waals surface area contributed by atoms with E-state index >= 15 is 0 Å². The molecule has 0 aliphatic heterocycles. The summed E-state index contributed by atoms with van der Waals surface area (Å²) in [6, 6.07) is 4.85. The summed E-state index contributed by atoms with van der Waals surface area (Å²) in [7, 11) is 0. The van der Waals surface area contributed by atoms with Crippen molar-refractivity contribution in [1.82, 2.24) is 25.2 Å². The van der Waals surface area contributed by atoms with Crippen molar-refractivity contribution in [2.75, 3.05) is 0 Å². The Kier molecular flexibility index (Phi) is 2.27. The predicted molar refractivity (Wildman–Crippen MR) is 48.6 cm³/mol. The van der Waals surface area contributed by atoms with Crippen LogP contribution in [-0.2, 0) is 0 Å². The lowest BCUT2D eigenvalue weighted by Gasteiger charge is -1.99. The maximum Gasteiger partial charge on any atom is 0.376 e. The van der Waals surface area contributed by atoms with E-state index in [1.54, 1.807) is 0 Å². The van der Waals surface area contributed by atoms with Gasteiger partial charge in [0.15, 0.2) is 5.82 Å². The molecule has 0 aliphatic rings. The number of aromatic nitrogens is 5. The number of carboxylic acids is 1. The highest BCUT2D eigenvalue weighted by Crippen LogP contribution is 2.05. The molecule has 0 radical (unpaired) electrons. The van der Waals surface area contributed by atoms with E-state index in [2.05, 4.69) is 20.5 Å². The normalized spacial score (nSPS) is 9.69. The van der Waals surface area contributed by atoms with E-state index < -0.39 is 5.97 Å². The zero-order chi connectivity index (χ0) is 11.5. The summed E-state index contributed by atoms with van der Waals surface area (Å²) in [5.41, 5.74) is 0.369. The predicted octanol–water partition coefficient (Wildman–Crippen LogP) is -0.373. The number of aromatic carboxylic acids is 1. The van der Waals surface area contributed by atoms with E-state index in [-0.39, 0.29) is 11.6 Å². The van der Waals surface area contributed by atoms with Crippen molar-refractivity contribution in [3.63, 3.8) is 0 Å². The Morgan fingerprint density at radius 1 is 1.50 bits per heavy atom. The van der Waals surface area contributed by atoms with Gasteiger partial charge in [0.05, 0.1) is 5.56 Å². The minimum atomic E-state index is -1.25. The summed E-state index contributed by atoms with van der Waals surface area (Å²) >= 11 is 0. The van der Waals surface area contributed by atoms with Gasteiger partial charge in [-0.15, -0.1) is 5.10 Å². The lowest BCUT2D eigenvalue weighted by Crippen LogP contribution is -2.10.